The third-order valence-corrected chi connectivity index (χ3v) is 2.07. The van der Waals surface area contributed by atoms with E-state index in [4.69, 9.17) is 5.11 Å². The molecule has 2 nitrogen and oxygen atoms in total. The van der Waals surface area contributed by atoms with Crippen LogP contribution in [0.4, 0.5) is 0 Å². The Kier molecular flexibility index (Phi) is 2.09. The number of nitrogens with one attached hydrogen (secondary N) is 1. The summed E-state index contributed by atoms with van der Waals surface area (Å²) in [7, 11) is 0. The quantitative estimate of drug-likeness (QED) is 0.536. The zero-order chi connectivity index (χ0) is 6.85. The topological polar surface area (TPSA) is 32.3 Å². The summed E-state index contributed by atoms with van der Waals surface area (Å²) in [6.07, 6.45) is 0.986. The number of aliphatic hydroxyl groups is 1. The maximum Gasteiger partial charge on any atom is 0.0552 e. The minimum atomic E-state index is -0.137. The zero-order valence-corrected chi connectivity index (χ0v) is 6.09. The lowest BCUT2D eigenvalue weighted by atomic mass is 10.0. The molecular formula is C7H15NO. The van der Waals surface area contributed by atoms with E-state index in [1.807, 2.05) is 6.92 Å². The van der Waals surface area contributed by atoms with Crippen LogP contribution in [0.3, 0.4) is 0 Å². The van der Waals surface area contributed by atoms with Crippen molar-refractivity contribution in [3.63, 3.8) is 0 Å². The fraction of sp³-hybridized carbons (Fsp3) is 1.00. The summed E-state index contributed by atoms with van der Waals surface area (Å²) < 4.78 is 0. The van der Waals surface area contributed by atoms with E-state index < -0.39 is 0 Å². The smallest absolute Gasteiger partial charge is 0.0552 e. The fourth-order valence-electron chi connectivity index (χ4n) is 1.34. The van der Waals surface area contributed by atoms with Gasteiger partial charge in [0.1, 0.15) is 0 Å². The second-order valence-corrected chi connectivity index (χ2v) is 3.05. The number of hydrogen-bond acceptors (Lipinski definition) is 2. The normalized spacial score (nSPS) is 39.0. The summed E-state index contributed by atoms with van der Waals surface area (Å²) >= 11 is 0. The minimum Gasteiger partial charge on any atom is -0.393 e. The van der Waals surface area contributed by atoms with Gasteiger partial charge in [0.25, 0.3) is 0 Å². The standard InChI is InChI=1S/C7H15NO/c1-5-3-7(4-8-5)6(2)9/h5-9H,3-4H2,1-2H3. The Morgan fingerprint density at radius 1 is 1.67 bits per heavy atom. The lowest BCUT2D eigenvalue weighted by molar-refractivity contribution is 0.134. The lowest BCUT2D eigenvalue weighted by Crippen LogP contribution is -2.20. The second-order valence-electron chi connectivity index (χ2n) is 3.05. The Balaban J connectivity index is 2.30. The van der Waals surface area contributed by atoms with Crippen LogP contribution in [0.25, 0.3) is 0 Å². The molecule has 0 spiro atoms. The van der Waals surface area contributed by atoms with E-state index in [-0.39, 0.29) is 6.10 Å². The van der Waals surface area contributed by atoms with Crippen molar-refractivity contribution >= 4 is 0 Å². The minimum absolute atomic E-state index is 0.137. The van der Waals surface area contributed by atoms with Gasteiger partial charge in [-0.25, -0.2) is 0 Å². The van der Waals surface area contributed by atoms with E-state index in [0.29, 0.717) is 12.0 Å². The Morgan fingerprint density at radius 2 is 2.33 bits per heavy atom. The Bertz CT molecular complexity index is 92.9. The maximum absolute atomic E-state index is 9.13. The van der Waals surface area contributed by atoms with Crippen LogP contribution in [0.15, 0.2) is 0 Å². The highest BCUT2D eigenvalue weighted by molar-refractivity contribution is 4.80. The van der Waals surface area contributed by atoms with Crippen molar-refractivity contribution in [2.24, 2.45) is 5.92 Å². The van der Waals surface area contributed by atoms with E-state index >= 15 is 0 Å². The third-order valence-electron chi connectivity index (χ3n) is 2.07. The molecule has 1 aliphatic rings. The molecule has 1 heterocycles. The number of aliphatic hydroxyl groups excluding tert-OH is 1. The third kappa shape index (κ3) is 1.66. The fourth-order valence-corrected chi connectivity index (χ4v) is 1.34. The summed E-state index contributed by atoms with van der Waals surface area (Å²) in [4.78, 5) is 0. The van der Waals surface area contributed by atoms with E-state index in [0.717, 1.165) is 13.0 Å². The molecule has 0 radical (unpaired) electrons. The summed E-state index contributed by atoms with van der Waals surface area (Å²) in [5, 5.41) is 12.4. The highest BCUT2D eigenvalue weighted by Crippen LogP contribution is 2.16. The van der Waals surface area contributed by atoms with Gasteiger partial charge in [-0.15, -0.1) is 0 Å². The van der Waals surface area contributed by atoms with Crippen LogP contribution in [0.2, 0.25) is 0 Å². The van der Waals surface area contributed by atoms with Crippen molar-refractivity contribution in [2.75, 3.05) is 6.54 Å². The highest BCUT2D eigenvalue weighted by Gasteiger charge is 2.23. The molecule has 2 N–H and O–H groups in total. The van der Waals surface area contributed by atoms with Gasteiger partial charge in [-0.1, -0.05) is 0 Å². The molecule has 0 aliphatic carbocycles. The van der Waals surface area contributed by atoms with Crippen molar-refractivity contribution < 1.29 is 5.11 Å². The second kappa shape index (κ2) is 2.67. The van der Waals surface area contributed by atoms with Crippen LogP contribution in [0, 0.1) is 5.92 Å². The van der Waals surface area contributed by atoms with Crippen LogP contribution in [-0.2, 0) is 0 Å². The van der Waals surface area contributed by atoms with Crippen molar-refractivity contribution in [3.8, 4) is 0 Å². The van der Waals surface area contributed by atoms with Gasteiger partial charge in [0.15, 0.2) is 0 Å². The molecule has 0 aromatic carbocycles. The molecule has 0 aromatic rings. The first-order valence-corrected chi connectivity index (χ1v) is 3.61. The molecule has 1 saturated heterocycles. The van der Waals surface area contributed by atoms with E-state index in [2.05, 4.69) is 12.2 Å². The van der Waals surface area contributed by atoms with Crippen molar-refractivity contribution in [1.29, 1.82) is 0 Å². The predicted octanol–water partition coefficient (Wildman–Crippen LogP) is 0.365. The summed E-state index contributed by atoms with van der Waals surface area (Å²) in [5.41, 5.74) is 0. The van der Waals surface area contributed by atoms with Gasteiger partial charge < -0.3 is 10.4 Å². The summed E-state index contributed by atoms with van der Waals surface area (Å²) in [5.74, 6) is 0.486. The molecule has 1 aliphatic heterocycles. The first kappa shape index (κ1) is 7.03. The van der Waals surface area contributed by atoms with Crippen molar-refractivity contribution in [2.45, 2.75) is 32.4 Å². The molecule has 3 atom stereocenters. The first-order valence-electron chi connectivity index (χ1n) is 3.61. The average Bonchev–Trinajstić information content (AvgIpc) is 2.14. The maximum atomic E-state index is 9.13. The zero-order valence-electron chi connectivity index (χ0n) is 6.09. The monoisotopic (exact) mass is 129 g/mol. The van der Waals surface area contributed by atoms with Crippen LogP contribution in [0.1, 0.15) is 20.3 Å². The molecule has 0 saturated carbocycles. The average molecular weight is 129 g/mol. The van der Waals surface area contributed by atoms with Gasteiger partial charge in [0.2, 0.25) is 0 Å². The van der Waals surface area contributed by atoms with Crippen LogP contribution >= 0.6 is 0 Å². The van der Waals surface area contributed by atoms with Crippen molar-refractivity contribution in [1.82, 2.24) is 5.32 Å². The molecule has 9 heavy (non-hydrogen) atoms. The molecule has 3 unspecified atom stereocenters. The molecule has 0 amide bonds. The lowest BCUT2D eigenvalue weighted by Gasteiger charge is -2.10. The molecule has 54 valence electrons. The Labute approximate surface area is 56.3 Å². The summed E-state index contributed by atoms with van der Waals surface area (Å²) in [6, 6.07) is 0.601. The summed E-state index contributed by atoms with van der Waals surface area (Å²) in [6.45, 7) is 5.01. The van der Waals surface area contributed by atoms with Gasteiger partial charge in [0, 0.05) is 12.6 Å². The molecule has 0 aromatic heterocycles. The molecule has 1 fully saturated rings. The number of rotatable bonds is 1. The van der Waals surface area contributed by atoms with E-state index in [9.17, 15) is 0 Å². The first-order chi connectivity index (χ1) is 4.20. The van der Waals surface area contributed by atoms with Crippen molar-refractivity contribution in [3.05, 3.63) is 0 Å². The largest absolute Gasteiger partial charge is 0.393 e. The van der Waals surface area contributed by atoms with Gasteiger partial charge in [-0.2, -0.15) is 0 Å². The predicted molar refractivity (Wildman–Crippen MR) is 37.3 cm³/mol. The Morgan fingerprint density at radius 3 is 2.56 bits per heavy atom. The van der Waals surface area contributed by atoms with E-state index in [1.54, 1.807) is 0 Å². The van der Waals surface area contributed by atoms with Crippen LogP contribution in [-0.4, -0.2) is 23.8 Å². The molecule has 1 rings (SSSR count). The number of hydrogen-bond donors (Lipinski definition) is 2. The van der Waals surface area contributed by atoms with Gasteiger partial charge in [-0.3, -0.25) is 0 Å². The molecular weight excluding hydrogens is 114 g/mol. The highest BCUT2D eigenvalue weighted by atomic mass is 16.3. The molecule has 0 bridgehead atoms. The van der Waals surface area contributed by atoms with Gasteiger partial charge in [-0.05, 0) is 26.2 Å². The Hall–Kier alpha value is -0.0800. The van der Waals surface area contributed by atoms with Crippen LogP contribution < -0.4 is 5.32 Å². The molecule has 2 heteroatoms. The SMILES string of the molecule is CC1CC(C(C)O)CN1. The van der Waals surface area contributed by atoms with E-state index in [1.165, 1.54) is 0 Å². The van der Waals surface area contributed by atoms with Gasteiger partial charge in [0.05, 0.1) is 6.10 Å². The van der Waals surface area contributed by atoms with Crippen LogP contribution in [0.5, 0.6) is 0 Å². The van der Waals surface area contributed by atoms with Gasteiger partial charge >= 0.3 is 0 Å².